The molecule has 0 amide bonds. The van der Waals surface area contributed by atoms with Crippen molar-refractivity contribution in [1.29, 1.82) is 0 Å². The lowest BCUT2D eigenvalue weighted by molar-refractivity contribution is 0.565. The van der Waals surface area contributed by atoms with Crippen LogP contribution in [-0.2, 0) is 10.0 Å². The Morgan fingerprint density at radius 1 is 1.35 bits per heavy atom. The van der Waals surface area contributed by atoms with Gasteiger partial charge in [0, 0.05) is 17.6 Å². The van der Waals surface area contributed by atoms with E-state index in [4.69, 9.17) is 0 Å². The summed E-state index contributed by atoms with van der Waals surface area (Å²) in [6.07, 6.45) is 1.48. The summed E-state index contributed by atoms with van der Waals surface area (Å²) in [5.74, 6) is 0. The van der Waals surface area contributed by atoms with Crippen LogP contribution in [0.4, 0.5) is 5.69 Å². The molecule has 108 valence electrons. The molecule has 1 unspecified atom stereocenters. The Labute approximate surface area is 123 Å². The van der Waals surface area contributed by atoms with Gasteiger partial charge in [0.2, 0.25) is 0 Å². The molecule has 0 fully saturated rings. The molecule has 0 aliphatic rings. The van der Waals surface area contributed by atoms with Crippen molar-refractivity contribution >= 4 is 27.0 Å². The fourth-order valence-corrected chi connectivity index (χ4v) is 3.96. The first-order valence-electron chi connectivity index (χ1n) is 6.29. The van der Waals surface area contributed by atoms with E-state index in [1.165, 1.54) is 17.5 Å². The lowest BCUT2D eigenvalue weighted by atomic mass is 10.3. The van der Waals surface area contributed by atoms with Crippen LogP contribution in [0.25, 0.3) is 0 Å². The van der Waals surface area contributed by atoms with Gasteiger partial charge in [0.15, 0.2) is 5.03 Å². The minimum absolute atomic E-state index is 0.0326. The average Bonchev–Trinajstić information content (AvgIpc) is 2.93. The number of nitrogens with zero attached hydrogens (tertiary/aromatic N) is 1. The average molecular weight is 311 g/mol. The maximum absolute atomic E-state index is 12.4. The molecule has 2 aromatic heterocycles. The Bertz CT molecular complexity index is 654. The van der Waals surface area contributed by atoms with Crippen molar-refractivity contribution in [1.82, 2.24) is 9.71 Å². The van der Waals surface area contributed by atoms with Crippen LogP contribution in [0.2, 0.25) is 0 Å². The third kappa shape index (κ3) is 3.36. The molecule has 0 aliphatic heterocycles. The van der Waals surface area contributed by atoms with Crippen LogP contribution in [0.1, 0.15) is 24.8 Å². The molecule has 2 heterocycles. The number of nitrogens with one attached hydrogen (secondary N) is 2. The summed E-state index contributed by atoms with van der Waals surface area (Å²) >= 11 is 1.52. The van der Waals surface area contributed by atoms with Gasteiger partial charge >= 0.3 is 0 Å². The van der Waals surface area contributed by atoms with Crippen LogP contribution in [0, 0.1) is 0 Å². The van der Waals surface area contributed by atoms with Crippen molar-refractivity contribution in [3.8, 4) is 0 Å². The lowest BCUT2D eigenvalue weighted by Gasteiger charge is -2.14. The molecule has 20 heavy (non-hydrogen) atoms. The standard InChI is InChI=1S/C13H17N3O2S2/c1-3-14-11-6-4-8-15-13(11)20(17,18)16-10(2)12-7-5-9-19-12/h4-10,14,16H,3H2,1-2H3. The summed E-state index contributed by atoms with van der Waals surface area (Å²) in [5, 5.41) is 4.97. The normalized spacial score (nSPS) is 13.1. The Morgan fingerprint density at radius 3 is 2.80 bits per heavy atom. The van der Waals surface area contributed by atoms with E-state index in [-0.39, 0.29) is 11.1 Å². The second-order valence-electron chi connectivity index (χ2n) is 4.24. The molecular formula is C13H17N3O2S2. The molecule has 0 radical (unpaired) electrons. The molecule has 0 aromatic carbocycles. The first-order chi connectivity index (χ1) is 9.54. The van der Waals surface area contributed by atoms with Crippen LogP contribution in [0.3, 0.4) is 0 Å². The van der Waals surface area contributed by atoms with E-state index in [1.807, 2.05) is 31.4 Å². The Balaban J connectivity index is 2.27. The number of sulfonamides is 1. The van der Waals surface area contributed by atoms with Gasteiger partial charge in [-0.25, -0.2) is 18.1 Å². The van der Waals surface area contributed by atoms with E-state index in [2.05, 4.69) is 15.0 Å². The summed E-state index contributed by atoms with van der Waals surface area (Å²) in [5.41, 5.74) is 0.515. The first-order valence-corrected chi connectivity index (χ1v) is 8.65. The third-order valence-electron chi connectivity index (χ3n) is 2.69. The Morgan fingerprint density at radius 2 is 2.15 bits per heavy atom. The molecule has 0 bridgehead atoms. The smallest absolute Gasteiger partial charge is 0.260 e. The van der Waals surface area contributed by atoms with Gasteiger partial charge in [-0.05, 0) is 37.4 Å². The monoisotopic (exact) mass is 311 g/mol. The molecule has 1 atom stereocenters. The Kier molecular flexibility index (Phi) is 4.74. The molecule has 7 heteroatoms. The highest BCUT2D eigenvalue weighted by Gasteiger charge is 2.23. The number of pyridine rings is 1. The highest BCUT2D eigenvalue weighted by Crippen LogP contribution is 2.23. The number of hydrogen-bond acceptors (Lipinski definition) is 5. The van der Waals surface area contributed by atoms with Gasteiger partial charge in [-0.2, -0.15) is 0 Å². The second-order valence-corrected chi connectivity index (χ2v) is 6.85. The number of rotatable bonds is 6. The fraction of sp³-hybridized carbons (Fsp3) is 0.308. The Hall–Kier alpha value is -1.44. The summed E-state index contributed by atoms with van der Waals surface area (Å²) in [4.78, 5) is 4.96. The van der Waals surface area contributed by atoms with E-state index < -0.39 is 10.0 Å². The largest absolute Gasteiger partial charge is 0.383 e. The van der Waals surface area contributed by atoms with Crippen molar-refractivity contribution in [2.75, 3.05) is 11.9 Å². The highest BCUT2D eigenvalue weighted by atomic mass is 32.2. The molecule has 0 saturated carbocycles. The van der Waals surface area contributed by atoms with Crippen LogP contribution < -0.4 is 10.0 Å². The topological polar surface area (TPSA) is 71.1 Å². The number of anilines is 1. The molecule has 0 aliphatic carbocycles. The quantitative estimate of drug-likeness (QED) is 0.860. The summed E-state index contributed by atoms with van der Waals surface area (Å²) < 4.78 is 27.5. The van der Waals surface area contributed by atoms with Crippen molar-refractivity contribution < 1.29 is 8.42 Å². The predicted octanol–water partition coefficient (Wildman–Crippen LogP) is 2.61. The minimum atomic E-state index is -3.66. The molecule has 2 N–H and O–H groups in total. The predicted molar refractivity (Wildman–Crippen MR) is 81.5 cm³/mol. The van der Waals surface area contributed by atoms with Gasteiger partial charge in [0.05, 0.1) is 11.7 Å². The van der Waals surface area contributed by atoms with Crippen molar-refractivity contribution in [3.05, 3.63) is 40.7 Å². The van der Waals surface area contributed by atoms with Gasteiger partial charge in [0.1, 0.15) is 0 Å². The van der Waals surface area contributed by atoms with Crippen LogP contribution >= 0.6 is 11.3 Å². The van der Waals surface area contributed by atoms with Gasteiger partial charge in [-0.3, -0.25) is 0 Å². The number of hydrogen-bond donors (Lipinski definition) is 2. The number of aromatic nitrogens is 1. The second kappa shape index (κ2) is 6.34. The molecule has 0 saturated heterocycles. The van der Waals surface area contributed by atoms with E-state index in [9.17, 15) is 8.42 Å². The third-order valence-corrected chi connectivity index (χ3v) is 5.25. The van der Waals surface area contributed by atoms with Crippen molar-refractivity contribution in [2.24, 2.45) is 0 Å². The molecule has 2 rings (SSSR count). The molecule has 0 spiro atoms. The lowest BCUT2D eigenvalue weighted by Crippen LogP contribution is -2.28. The van der Waals surface area contributed by atoms with Gasteiger partial charge in [0.25, 0.3) is 10.0 Å². The maximum atomic E-state index is 12.4. The SMILES string of the molecule is CCNc1cccnc1S(=O)(=O)NC(C)c1cccs1. The van der Waals surface area contributed by atoms with E-state index >= 15 is 0 Å². The summed E-state index contributed by atoms with van der Waals surface area (Å²) in [6.45, 7) is 4.36. The molecule has 2 aromatic rings. The number of thiophene rings is 1. The van der Waals surface area contributed by atoms with Crippen LogP contribution in [0.5, 0.6) is 0 Å². The van der Waals surface area contributed by atoms with Crippen molar-refractivity contribution in [3.63, 3.8) is 0 Å². The van der Waals surface area contributed by atoms with E-state index in [1.54, 1.807) is 12.1 Å². The van der Waals surface area contributed by atoms with Crippen LogP contribution in [-0.4, -0.2) is 19.9 Å². The highest BCUT2D eigenvalue weighted by molar-refractivity contribution is 7.89. The first kappa shape index (κ1) is 15.0. The summed E-state index contributed by atoms with van der Waals surface area (Å²) in [6, 6.07) is 6.94. The van der Waals surface area contributed by atoms with Gasteiger partial charge in [-0.15, -0.1) is 11.3 Å². The minimum Gasteiger partial charge on any atom is -0.383 e. The maximum Gasteiger partial charge on any atom is 0.260 e. The zero-order valence-electron chi connectivity index (χ0n) is 11.3. The fourth-order valence-electron chi connectivity index (χ4n) is 1.81. The van der Waals surface area contributed by atoms with Gasteiger partial charge < -0.3 is 5.32 Å². The molecular weight excluding hydrogens is 294 g/mol. The van der Waals surface area contributed by atoms with Crippen LogP contribution in [0.15, 0.2) is 40.9 Å². The van der Waals surface area contributed by atoms with E-state index in [0.717, 1.165) is 4.88 Å². The zero-order valence-corrected chi connectivity index (χ0v) is 13.0. The summed E-state index contributed by atoms with van der Waals surface area (Å²) in [7, 11) is -3.66. The van der Waals surface area contributed by atoms with Crippen molar-refractivity contribution in [2.45, 2.75) is 24.9 Å². The van der Waals surface area contributed by atoms with E-state index in [0.29, 0.717) is 12.2 Å². The molecule has 5 nitrogen and oxygen atoms in total. The zero-order chi connectivity index (χ0) is 14.6. The van der Waals surface area contributed by atoms with Gasteiger partial charge in [-0.1, -0.05) is 6.07 Å².